The Bertz CT molecular complexity index is 1110. The molecule has 0 saturated carbocycles. The van der Waals surface area contributed by atoms with Gasteiger partial charge in [0.1, 0.15) is 18.0 Å². The third kappa shape index (κ3) is 4.65. The summed E-state index contributed by atoms with van der Waals surface area (Å²) in [5, 5.41) is 7.97. The molecule has 4 rings (SSSR count). The lowest BCUT2D eigenvalue weighted by Gasteiger charge is -2.44. The van der Waals surface area contributed by atoms with Crippen LogP contribution in [0.2, 0.25) is 0 Å². The molecule has 1 N–H and O–H groups in total. The number of benzene rings is 2. The summed E-state index contributed by atoms with van der Waals surface area (Å²) in [4.78, 5) is 40.3. The Kier molecular flexibility index (Phi) is 6.65. The van der Waals surface area contributed by atoms with Crippen LogP contribution in [0.25, 0.3) is 0 Å². The van der Waals surface area contributed by atoms with Gasteiger partial charge < -0.3 is 15.0 Å². The Labute approximate surface area is 203 Å². The van der Waals surface area contributed by atoms with Crippen LogP contribution >= 0.6 is 11.8 Å². The Morgan fingerprint density at radius 3 is 2.38 bits per heavy atom. The van der Waals surface area contributed by atoms with Crippen LogP contribution in [-0.4, -0.2) is 62.8 Å². The molecule has 3 amide bonds. The molecule has 2 heterocycles. The molecular formula is C25H28N4O4S. The number of amides is 3. The van der Waals surface area contributed by atoms with E-state index < -0.39 is 18.0 Å². The van der Waals surface area contributed by atoms with Crippen LogP contribution in [0.4, 0.5) is 4.79 Å². The van der Waals surface area contributed by atoms with E-state index in [1.54, 1.807) is 36.0 Å². The van der Waals surface area contributed by atoms with Gasteiger partial charge >= 0.3 is 6.09 Å². The van der Waals surface area contributed by atoms with Gasteiger partial charge in [-0.2, -0.15) is 5.10 Å². The first-order valence-corrected chi connectivity index (χ1v) is 12.0. The molecular weight excluding hydrogens is 452 g/mol. The summed E-state index contributed by atoms with van der Waals surface area (Å²) in [7, 11) is 1.43. The first kappa shape index (κ1) is 23.8. The monoisotopic (exact) mass is 480 g/mol. The van der Waals surface area contributed by atoms with Gasteiger partial charge in [-0.05, 0) is 26.3 Å². The highest BCUT2D eigenvalue weighted by atomic mass is 32.2. The maximum Gasteiger partial charge on any atom is 0.430 e. The Hall–Kier alpha value is -3.33. The van der Waals surface area contributed by atoms with Crippen molar-refractivity contribution in [2.75, 3.05) is 7.05 Å². The molecule has 0 aliphatic carbocycles. The van der Waals surface area contributed by atoms with E-state index >= 15 is 0 Å². The molecule has 8 nitrogen and oxygen atoms in total. The van der Waals surface area contributed by atoms with Crippen molar-refractivity contribution in [3.63, 3.8) is 0 Å². The second-order valence-electron chi connectivity index (χ2n) is 8.86. The molecule has 2 aromatic carbocycles. The van der Waals surface area contributed by atoms with Gasteiger partial charge in [0.05, 0.1) is 0 Å². The number of nitrogens with zero attached hydrogens (tertiary/aromatic N) is 3. The molecule has 0 unspecified atom stereocenters. The van der Waals surface area contributed by atoms with E-state index in [1.165, 1.54) is 7.05 Å². The highest BCUT2D eigenvalue weighted by Crippen LogP contribution is 2.50. The number of ether oxygens (including phenoxy) is 1. The average Bonchev–Trinajstić information content (AvgIpc) is 3.05. The normalized spacial score (nSPS) is 23.1. The van der Waals surface area contributed by atoms with Crippen molar-refractivity contribution in [3.05, 3.63) is 71.8 Å². The molecule has 0 aromatic heterocycles. The summed E-state index contributed by atoms with van der Waals surface area (Å²) < 4.78 is 5.21. The van der Waals surface area contributed by atoms with Gasteiger partial charge in [-0.3, -0.25) is 9.59 Å². The van der Waals surface area contributed by atoms with Gasteiger partial charge in [-0.1, -0.05) is 60.7 Å². The highest BCUT2D eigenvalue weighted by molar-refractivity contribution is 8.01. The number of hydrogen-bond acceptors (Lipinski definition) is 6. The van der Waals surface area contributed by atoms with Crippen molar-refractivity contribution in [3.8, 4) is 0 Å². The number of carbonyl (C=O) groups excluding carboxylic acids is 3. The minimum Gasteiger partial charge on any atom is -0.443 e. The van der Waals surface area contributed by atoms with E-state index in [0.717, 1.165) is 10.6 Å². The molecule has 34 heavy (non-hydrogen) atoms. The quantitative estimate of drug-likeness (QED) is 0.389. The standard InChI is InChI=1S/C25H28N4O4S/c1-16-25(2,3)34-23-20(22(31)29(16)23)26-21(30)19(18-13-9-6-10-14-18)27-28(4)24(32)33-15-17-11-7-5-8-12-17/h5-14,16,20,23H,15H2,1-4H3,(H,26,30)/t16-,20+,23+/m0/s1. The van der Waals surface area contributed by atoms with E-state index in [1.807, 2.05) is 48.2 Å². The van der Waals surface area contributed by atoms with Crippen LogP contribution in [0, 0.1) is 0 Å². The number of hydrogen-bond donors (Lipinski definition) is 1. The topological polar surface area (TPSA) is 91.3 Å². The molecule has 0 spiro atoms. The van der Waals surface area contributed by atoms with Crippen molar-refractivity contribution in [2.45, 2.75) is 49.6 Å². The summed E-state index contributed by atoms with van der Waals surface area (Å²) in [5.74, 6) is -0.628. The molecule has 2 aliphatic rings. The minimum atomic E-state index is -0.696. The summed E-state index contributed by atoms with van der Waals surface area (Å²) in [6, 6.07) is 17.6. The van der Waals surface area contributed by atoms with Crippen LogP contribution in [-0.2, 0) is 20.9 Å². The predicted molar refractivity (Wildman–Crippen MR) is 131 cm³/mol. The summed E-state index contributed by atoms with van der Waals surface area (Å²) in [6.07, 6.45) is -0.696. The fraction of sp³-hybridized carbons (Fsp3) is 0.360. The highest BCUT2D eigenvalue weighted by Gasteiger charge is 2.60. The van der Waals surface area contributed by atoms with Crippen molar-refractivity contribution in [2.24, 2.45) is 5.10 Å². The van der Waals surface area contributed by atoms with E-state index in [0.29, 0.717) is 5.56 Å². The maximum absolute atomic E-state index is 13.3. The summed E-state index contributed by atoms with van der Waals surface area (Å²) >= 11 is 1.68. The molecule has 3 atom stereocenters. The van der Waals surface area contributed by atoms with E-state index in [4.69, 9.17) is 4.74 Å². The molecule has 2 aliphatic heterocycles. The molecule has 2 aromatic rings. The number of thioether (sulfide) groups is 1. The third-order valence-corrected chi connectivity index (χ3v) is 7.89. The number of fused-ring (bicyclic) bond motifs is 1. The molecule has 2 fully saturated rings. The van der Waals surface area contributed by atoms with Gasteiger partial charge in [-0.15, -0.1) is 11.8 Å². The number of rotatable bonds is 6. The molecule has 0 bridgehead atoms. The minimum absolute atomic E-state index is 0.0290. The largest absolute Gasteiger partial charge is 0.443 e. The second-order valence-corrected chi connectivity index (χ2v) is 10.6. The van der Waals surface area contributed by atoms with Gasteiger partial charge in [0.25, 0.3) is 5.91 Å². The summed E-state index contributed by atoms with van der Waals surface area (Å²) in [6.45, 7) is 6.31. The number of carbonyl (C=O) groups is 3. The second kappa shape index (κ2) is 9.50. The van der Waals surface area contributed by atoms with Gasteiger partial charge in [0.2, 0.25) is 5.91 Å². The van der Waals surface area contributed by atoms with Crippen LogP contribution < -0.4 is 5.32 Å². The van der Waals surface area contributed by atoms with Gasteiger partial charge in [0, 0.05) is 23.4 Å². The fourth-order valence-corrected chi connectivity index (χ4v) is 5.60. The number of nitrogens with one attached hydrogen (secondary N) is 1. The van der Waals surface area contributed by atoms with E-state index in [2.05, 4.69) is 24.3 Å². The molecule has 0 radical (unpaired) electrons. The molecule has 2 saturated heterocycles. The number of hydrazone groups is 1. The van der Waals surface area contributed by atoms with Crippen LogP contribution in [0.5, 0.6) is 0 Å². The predicted octanol–water partition coefficient (Wildman–Crippen LogP) is 3.23. The van der Waals surface area contributed by atoms with Crippen molar-refractivity contribution >= 4 is 35.4 Å². The van der Waals surface area contributed by atoms with E-state index in [9.17, 15) is 14.4 Å². The lowest BCUT2D eigenvalue weighted by atomic mass is 9.97. The molecule has 178 valence electrons. The zero-order chi connectivity index (χ0) is 24.5. The van der Waals surface area contributed by atoms with Crippen LogP contribution in [0.15, 0.2) is 65.8 Å². The fourth-order valence-electron chi connectivity index (χ4n) is 3.94. The van der Waals surface area contributed by atoms with Gasteiger partial charge in [0.15, 0.2) is 5.71 Å². The maximum atomic E-state index is 13.3. The first-order valence-electron chi connectivity index (χ1n) is 11.1. The molecule has 9 heteroatoms. The Balaban J connectivity index is 1.49. The van der Waals surface area contributed by atoms with Crippen molar-refractivity contribution in [1.29, 1.82) is 0 Å². The first-order chi connectivity index (χ1) is 16.2. The van der Waals surface area contributed by atoms with Crippen molar-refractivity contribution in [1.82, 2.24) is 15.2 Å². The lowest BCUT2D eigenvalue weighted by molar-refractivity contribution is -0.149. The average molecular weight is 481 g/mol. The zero-order valence-corrected chi connectivity index (χ0v) is 20.4. The zero-order valence-electron chi connectivity index (χ0n) is 19.6. The summed E-state index contributed by atoms with van der Waals surface area (Å²) in [5.41, 5.74) is 1.40. The Morgan fingerprint density at radius 2 is 1.74 bits per heavy atom. The SMILES string of the molecule is C[C@@H]1N2C(=O)[C@@H](NC(=O)C(=NN(C)C(=O)OCc3ccccc3)c3ccccc3)[C@H]2SC1(C)C. The smallest absolute Gasteiger partial charge is 0.430 e. The number of β-lactam (4-membered cyclic amide) rings is 1. The lowest BCUT2D eigenvalue weighted by Crippen LogP contribution is -2.69. The third-order valence-electron chi connectivity index (χ3n) is 6.20. The Morgan fingerprint density at radius 1 is 1.12 bits per heavy atom. The van der Waals surface area contributed by atoms with E-state index in [-0.39, 0.29) is 34.4 Å². The van der Waals surface area contributed by atoms with Crippen LogP contribution in [0.1, 0.15) is 31.9 Å². The van der Waals surface area contributed by atoms with Gasteiger partial charge in [-0.25, -0.2) is 9.80 Å². The van der Waals surface area contributed by atoms with Crippen molar-refractivity contribution < 1.29 is 19.1 Å². The van der Waals surface area contributed by atoms with Crippen LogP contribution in [0.3, 0.4) is 0 Å².